The van der Waals surface area contributed by atoms with Crippen molar-refractivity contribution >= 4 is 34.9 Å². The monoisotopic (exact) mass is 285 g/mol. The average Bonchev–Trinajstić information content (AvgIpc) is 2.31. The van der Waals surface area contributed by atoms with Crippen molar-refractivity contribution in [2.75, 3.05) is 13.1 Å². The smallest absolute Gasteiger partial charge is 0.194 e. The third-order valence-electron chi connectivity index (χ3n) is 2.27. The van der Waals surface area contributed by atoms with Gasteiger partial charge in [0.15, 0.2) is 11.1 Å². The number of thiocarbonyl (C=S) groups is 1. The number of pyridine rings is 1. The van der Waals surface area contributed by atoms with Crippen LogP contribution in [-0.4, -0.2) is 34.0 Å². The molecule has 1 heterocycles. The van der Waals surface area contributed by atoms with Gasteiger partial charge in [0.05, 0.1) is 10.7 Å². The van der Waals surface area contributed by atoms with Gasteiger partial charge in [-0.2, -0.15) is 0 Å². The van der Waals surface area contributed by atoms with Gasteiger partial charge in [-0.3, -0.25) is 15.3 Å². The van der Waals surface area contributed by atoms with Crippen LogP contribution in [-0.2, 0) is 6.42 Å². The molecular weight excluding hydrogens is 270 g/mol. The number of hydrogen-bond acceptors (Lipinski definition) is 3. The third-order valence-corrected chi connectivity index (χ3v) is 2.98. The van der Waals surface area contributed by atoms with E-state index in [1.165, 1.54) is 4.90 Å². The standard InChI is InChI=1S/C11H16ClN5S/c1-2-15-11(18)17(10(13)14)7-5-9-8(12)4-3-6-16-9/h3-4,6H,2,5,7H2,1H3,(H3,13,14)(H,15,18). The third kappa shape index (κ3) is 4.12. The molecule has 0 amide bonds. The van der Waals surface area contributed by atoms with Gasteiger partial charge in [-0.25, -0.2) is 0 Å². The number of hydrogen-bond donors (Lipinski definition) is 3. The van der Waals surface area contributed by atoms with Crippen LogP contribution in [0.5, 0.6) is 0 Å². The molecule has 0 atom stereocenters. The lowest BCUT2D eigenvalue weighted by Crippen LogP contribution is -2.47. The van der Waals surface area contributed by atoms with Gasteiger partial charge in [0.1, 0.15) is 0 Å². The summed E-state index contributed by atoms with van der Waals surface area (Å²) in [5, 5.41) is 11.5. The summed E-state index contributed by atoms with van der Waals surface area (Å²) in [6, 6.07) is 3.56. The lowest BCUT2D eigenvalue weighted by Gasteiger charge is -2.23. The van der Waals surface area contributed by atoms with Gasteiger partial charge in [-0.1, -0.05) is 11.6 Å². The Labute approximate surface area is 117 Å². The van der Waals surface area contributed by atoms with Crippen LogP contribution in [0.3, 0.4) is 0 Å². The number of rotatable bonds is 4. The average molecular weight is 286 g/mol. The Kier molecular flexibility index (Phi) is 5.80. The highest BCUT2D eigenvalue weighted by molar-refractivity contribution is 7.80. The molecule has 0 aliphatic rings. The highest BCUT2D eigenvalue weighted by Crippen LogP contribution is 2.12. The summed E-state index contributed by atoms with van der Waals surface area (Å²) in [6.45, 7) is 3.09. The normalized spacial score (nSPS) is 9.89. The number of aromatic nitrogens is 1. The van der Waals surface area contributed by atoms with Gasteiger partial charge in [0.2, 0.25) is 0 Å². The minimum absolute atomic E-state index is 0.0898. The molecule has 98 valence electrons. The van der Waals surface area contributed by atoms with E-state index in [2.05, 4.69) is 10.3 Å². The fourth-order valence-electron chi connectivity index (χ4n) is 1.40. The lowest BCUT2D eigenvalue weighted by molar-refractivity contribution is 0.577. The van der Waals surface area contributed by atoms with E-state index in [1.807, 2.05) is 6.92 Å². The van der Waals surface area contributed by atoms with Crippen LogP contribution >= 0.6 is 23.8 Å². The maximum atomic E-state index is 7.50. The van der Waals surface area contributed by atoms with Crippen LogP contribution in [0.2, 0.25) is 5.02 Å². The minimum atomic E-state index is -0.0898. The van der Waals surface area contributed by atoms with E-state index < -0.39 is 0 Å². The van der Waals surface area contributed by atoms with Crippen LogP contribution < -0.4 is 11.1 Å². The zero-order valence-electron chi connectivity index (χ0n) is 10.1. The summed E-state index contributed by atoms with van der Waals surface area (Å²) >= 11 is 11.2. The van der Waals surface area contributed by atoms with E-state index in [9.17, 15) is 0 Å². The summed E-state index contributed by atoms with van der Waals surface area (Å²) < 4.78 is 0. The Morgan fingerprint density at radius 1 is 1.67 bits per heavy atom. The van der Waals surface area contributed by atoms with Crippen LogP contribution in [0, 0.1) is 5.41 Å². The van der Waals surface area contributed by atoms with Crippen molar-refractivity contribution in [3.63, 3.8) is 0 Å². The van der Waals surface area contributed by atoms with Gasteiger partial charge in [-0.05, 0) is 31.3 Å². The van der Waals surface area contributed by atoms with Crippen LogP contribution in [0.4, 0.5) is 0 Å². The first-order valence-corrected chi connectivity index (χ1v) is 6.33. The Bertz CT molecular complexity index is 437. The van der Waals surface area contributed by atoms with Gasteiger partial charge >= 0.3 is 0 Å². The molecule has 7 heteroatoms. The van der Waals surface area contributed by atoms with Crippen LogP contribution in [0.15, 0.2) is 18.3 Å². The molecule has 0 saturated carbocycles. The van der Waals surface area contributed by atoms with Crippen molar-refractivity contribution in [1.29, 1.82) is 5.41 Å². The molecule has 0 spiro atoms. The molecular formula is C11H16ClN5S. The summed E-state index contributed by atoms with van der Waals surface area (Å²) in [4.78, 5) is 5.70. The number of halogens is 1. The molecule has 0 bridgehead atoms. The highest BCUT2D eigenvalue weighted by atomic mass is 35.5. The molecule has 0 aliphatic heterocycles. The second-order valence-corrected chi connectivity index (χ2v) is 4.35. The molecule has 0 aliphatic carbocycles. The van der Waals surface area contributed by atoms with Crippen molar-refractivity contribution in [3.05, 3.63) is 29.0 Å². The quantitative estimate of drug-likeness (QED) is 0.442. The SMILES string of the molecule is CCNC(=S)N(CCc1ncccc1Cl)C(=N)N. The Balaban J connectivity index is 2.66. The molecule has 4 N–H and O–H groups in total. The van der Waals surface area contributed by atoms with Crippen LogP contribution in [0.1, 0.15) is 12.6 Å². The molecule has 0 saturated heterocycles. The topological polar surface area (TPSA) is 78.0 Å². The van der Waals surface area contributed by atoms with Crippen molar-refractivity contribution < 1.29 is 0 Å². The van der Waals surface area contributed by atoms with Gasteiger partial charge in [0, 0.05) is 25.7 Å². The maximum Gasteiger partial charge on any atom is 0.194 e. The Hall–Kier alpha value is -1.40. The molecule has 5 nitrogen and oxygen atoms in total. The summed E-state index contributed by atoms with van der Waals surface area (Å²) in [7, 11) is 0. The summed E-state index contributed by atoms with van der Waals surface area (Å²) in [5.41, 5.74) is 6.27. The Morgan fingerprint density at radius 3 is 2.94 bits per heavy atom. The Morgan fingerprint density at radius 2 is 2.39 bits per heavy atom. The lowest BCUT2D eigenvalue weighted by atomic mass is 10.2. The second kappa shape index (κ2) is 7.13. The van der Waals surface area contributed by atoms with Crippen molar-refractivity contribution in [1.82, 2.24) is 15.2 Å². The number of nitrogens with two attached hydrogens (primary N) is 1. The zero-order valence-corrected chi connectivity index (χ0v) is 11.7. The molecule has 18 heavy (non-hydrogen) atoms. The molecule has 1 aromatic heterocycles. The molecule has 1 rings (SSSR count). The largest absolute Gasteiger partial charge is 0.370 e. The molecule has 0 unspecified atom stereocenters. The first kappa shape index (κ1) is 14.7. The van der Waals surface area contributed by atoms with Gasteiger partial charge < -0.3 is 11.1 Å². The van der Waals surface area contributed by atoms with E-state index >= 15 is 0 Å². The predicted octanol–water partition coefficient (Wildman–Crippen LogP) is 1.37. The fraction of sp³-hybridized carbons (Fsp3) is 0.364. The summed E-state index contributed by atoms with van der Waals surface area (Å²) in [6.07, 6.45) is 2.26. The van der Waals surface area contributed by atoms with E-state index in [4.69, 9.17) is 35.0 Å². The van der Waals surface area contributed by atoms with Gasteiger partial charge in [-0.15, -0.1) is 0 Å². The zero-order chi connectivity index (χ0) is 13.5. The molecule has 0 radical (unpaired) electrons. The first-order valence-electron chi connectivity index (χ1n) is 5.55. The maximum absolute atomic E-state index is 7.50. The van der Waals surface area contributed by atoms with Crippen molar-refractivity contribution in [2.45, 2.75) is 13.3 Å². The minimum Gasteiger partial charge on any atom is -0.370 e. The number of guanidine groups is 1. The van der Waals surface area contributed by atoms with Crippen LogP contribution in [0.25, 0.3) is 0 Å². The molecule has 1 aromatic rings. The van der Waals surface area contributed by atoms with E-state index in [1.54, 1.807) is 18.3 Å². The second-order valence-electron chi connectivity index (χ2n) is 3.55. The molecule has 0 aromatic carbocycles. The predicted molar refractivity (Wildman–Crippen MR) is 77.8 cm³/mol. The van der Waals surface area contributed by atoms with Gasteiger partial charge in [0.25, 0.3) is 0 Å². The van der Waals surface area contributed by atoms with Crippen molar-refractivity contribution in [3.8, 4) is 0 Å². The summed E-state index contributed by atoms with van der Waals surface area (Å²) in [5.74, 6) is -0.0898. The van der Waals surface area contributed by atoms with E-state index in [0.717, 1.165) is 5.69 Å². The number of nitrogens with zero attached hydrogens (tertiary/aromatic N) is 2. The molecule has 0 fully saturated rings. The first-order chi connectivity index (χ1) is 8.56. The fourth-order valence-corrected chi connectivity index (χ4v) is 1.95. The highest BCUT2D eigenvalue weighted by Gasteiger charge is 2.13. The van der Waals surface area contributed by atoms with Crippen molar-refractivity contribution in [2.24, 2.45) is 5.73 Å². The number of nitrogens with one attached hydrogen (secondary N) is 2. The van der Waals surface area contributed by atoms with E-state index in [-0.39, 0.29) is 5.96 Å². The van der Waals surface area contributed by atoms with E-state index in [0.29, 0.717) is 29.6 Å².